The highest BCUT2D eigenvalue weighted by Crippen LogP contribution is 2.32. The zero-order valence-electron chi connectivity index (χ0n) is 22.9. The summed E-state index contributed by atoms with van der Waals surface area (Å²) in [5.74, 6) is -0.957. The molecule has 4 amide bonds. The number of hydrogen-bond acceptors (Lipinski definition) is 6. The van der Waals surface area contributed by atoms with Gasteiger partial charge in [0.15, 0.2) is 0 Å². The average molecular weight is 586 g/mol. The van der Waals surface area contributed by atoms with Crippen molar-refractivity contribution in [2.45, 2.75) is 51.2 Å². The molecule has 214 valence electrons. The summed E-state index contributed by atoms with van der Waals surface area (Å²) >= 11 is 6.13. The SMILES string of the molecule is Cc1c(C(=O)N2CCC(n3cc(-c4ccc5c(c4)CN(C4CCC(=O)NC4=O)C5=O)nn3)CC2)[nH]c2cc(Cl)ccc12. The summed E-state index contributed by atoms with van der Waals surface area (Å²) in [5, 5.41) is 12.7. The van der Waals surface area contributed by atoms with E-state index in [9.17, 15) is 19.2 Å². The molecule has 0 spiro atoms. The summed E-state index contributed by atoms with van der Waals surface area (Å²) in [4.78, 5) is 56.9. The number of imide groups is 1. The summed E-state index contributed by atoms with van der Waals surface area (Å²) in [7, 11) is 0. The number of aromatic nitrogens is 4. The number of piperidine rings is 2. The van der Waals surface area contributed by atoms with Gasteiger partial charge in [-0.25, -0.2) is 4.68 Å². The van der Waals surface area contributed by atoms with Gasteiger partial charge in [-0.15, -0.1) is 5.10 Å². The molecule has 1 atom stereocenters. The van der Waals surface area contributed by atoms with Crippen molar-refractivity contribution in [3.63, 3.8) is 0 Å². The third-order valence-corrected chi connectivity index (χ3v) is 8.92. The van der Waals surface area contributed by atoms with Crippen LogP contribution in [0.15, 0.2) is 42.6 Å². The quantitative estimate of drug-likeness (QED) is 0.351. The van der Waals surface area contributed by atoms with Crippen LogP contribution in [0.4, 0.5) is 0 Å². The number of halogens is 1. The zero-order valence-corrected chi connectivity index (χ0v) is 23.6. The lowest BCUT2D eigenvalue weighted by atomic mass is 10.0. The Hall–Kier alpha value is -4.51. The molecule has 2 aromatic heterocycles. The van der Waals surface area contributed by atoms with Crippen molar-refractivity contribution in [1.29, 1.82) is 0 Å². The number of hydrogen-bond donors (Lipinski definition) is 2. The molecular formula is C30H28ClN7O4. The monoisotopic (exact) mass is 585 g/mol. The van der Waals surface area contributed by atoms with Gasteiger partial charge in [-0.2, -0.15) is 0 Å². The van der Waals surface area contributed by atoms with Crippen LogP contribution in [0.5, 0.6) is 0 Å². The summed E-state index contributed by atoms with van der Waals surface area (Å²) in [6, 6.07) is 10.6. The van der Waals surface area contributed by atoms with E-state index < -0.39 is 11.9 Å². The van der Waals surface area contributed by atoms with Crippen molar-refractivity contribution in [1.82, 2.24) is 35.1 Å². The van der Waals surface area contributed by atoms with Crippen LogP contribution >= 0.6 is 11.6 Å². The molecule has 1 unspecified atom stereocenters. The van der Waals surface area contributed by atoms with Crippen molar-refractivity contribution in [3.05, 3.63) is 70.0 Å². The van der Waals surface area contributed by atoms with Gasteiger partial charge in [0, 0.05) is 53.1 Å². The van der Waals surface area contributed by atoms with E-state index >= 15 is 0 Å². The number of fused-ring (bicyclic) bond motifs is 2. The number of aromatic amines is 1. The average Bonchev–Trinajstić information content (AvgIpc) is 3.69. The van der Waals surface area contributed by atoms with Gasteiger partial charge in [0.25, 0.3) is 11.8 Å². The lowest BCUT2D eigenvalue weighted by Crippen LogP contribution is -2.52. The lowest BCUT2D eigenvalue weighted by Gasteiger charge is -2.31. The van der Waals surface area contributed by atoms with Crippen molar-refractivity contribution in [3.8, 4) is 11.3 Å². The van der Waals surface area contributed by atoms with Crippen molar-refractivity contribution in [2.75, 3.05) is 13.1 Å². The van der Waals surface area contributed by atoms with Crippen molar-refractivity contribution >= 4 is 46.1 Å². The van der Waals surface area contributed by atoms with Crippen molar-refractivity contribution in [2.24, 2.45) is 0 Å². The first kappa shape index (κ1) is 26.4. The molecule has 12 heteroatoms. The van der Waals surface area contributed by atoms with Crippen LogP contribution in [-0.2, 0) is 16.1 Å². The first-order chi connectivity index (χ1) is 20.3. The smallest absolute Gasteiger partial charge is 0.270 e. The highest BCUT2D eigenvalue weighted by Gasteiger charge is 2.39. The molecule has 0 bridgehead atoms. The highest BCUT2D eigenvalue weighted by molar-refractivity contribution is 6.31. The Morgan fingerprint density at radius 1 is 1.05 bits per heavy atom. The number of nitrogens with zero attached hydrogens (tertiary/aromatic N) is 5. The maximum atomic E-state index is 13.3. The number of H-pyrrole nitrogens is 1. The molecule has 3 aliphatic rings. The fraction of sp³-hybridized carbons (Fsp3) is 0.333. The molecule has 0 radical (unpaired) electrons. The van der Waals surface area contributed by atoms with Gasteiger partial charge in [0.1, 0.15) is 17.4 Å². The first-order valence-corrected chi connectivity index (χ1v) is 14.4. The Labute approximate surface area is 245 Å². The predicted molar refractivity (Wildman–Crippen MR) is 154 cm³/mol. The van der Waals surface area contributed by atoms with Gasteiger partial charge >= 0.3 is 0 Å². The van der Waals surface area contributed by atoms with Crippen LogP contribution in [0, 0.1) is 6.92 Å². The van der Waals surface area contributed by atoms with Crippen LogP contribution in [0.3, 0.4) is 0 Å². The standard InChI is InChI=1S/C30H28ClN7O4/c1-16-21-5-3-19(31)13-23(21)32-27(16)30(42)36-10-8-20(9-11-36)38-15-24(34-35-38)17-2-4-22-18(12-17)14-37(29(22)41)25-6-7-26(39)33-28(25)40/h2-5,12-13,15,20,25,32H,6-11,14H2,1H3,(H,33,39,40). The Morgan fingerprint density at radius 2 is 1.86 bits per heavy atom. The van der Waals surface area contributed by atoms with E-state index in [0.29, 0.717) is 48.0 Å². The number of amides is 4. The van der Waals surface area contributed by atoms with Crippen molar-refractivity contribution < 1.29 is 19.2 Å². The van der Waals surface area contributed by atoms with Crippen LogP contribution in [-0.4, -0.2) is 72.5 Å². The summed E-state index contributed by atoms with van der Waals surface area (Å²) in [6.07, 6.45) is 3.95. The Balaban J connectivity index is 1.02. The maximum absolute atomic E-state index is 13.3. The summed E-state index contributed by atoms with van der Waals surface area (Å²) < 4.78 is 1.86. The second-order valence-electron chi connectivity index (χ2n) is 11.2. The molecule has 11 nitrogen and oxygen atoms in total. The predicted octanol–water partition coefficient (Wildman–Crippen LogP) is 3.63. The second kappa shape index (κ2) is 10.1. The number of aryl methyl sites for hydroxylation is 1. The molecule has 2 aromatic carbocycles. The number of rotatable bonds is 4. The molecule has 7 rings (SSSR count). The zero-order chi connectivity index (χ0) is 29.1. The largest absolute Gasteiger partial charge is 0.350 e. The Kier molecular flexibility index (Phi) is 6.34. The number of benzene rings is 2. The molecule has 5 heterocycles. The minimum absolute atomic E-state index is 0.0170. The minimum Gasteiger partial charge on any atom is -0.350 e. The molecule has 3 aliphatic heterocycles. The highest BCUT2D eigenvalue weighted by atomic mass is 35.5. The fourth-order valence-electron chi connectivity index (χ4n) is 6.34. The van der Waals surface area contributed by atoms with E-state index in [-0.39, 0.29) is 30.2 Å². The van der Waals surface area contributed by atoms with E-state index in [1.807, 2.05) is 53.0 Å². The molecule has 42 heavy (non-hydrogen) atoms. The van der Waals surface area contributed by atoms with E-state index in [0.717, 1.165) is 40.4 Å². The van der Waals surface area contributed by atoms with Gasteiger partial charge in [0.2, 0.25) is 11.8 Å². The third kappa shape index (κ3) is 4.44. The maximum Gasteiger partial charge on any atom is 0.270 e. The normalized spacial score (nSPS) is 19.5. The number of nitrogens with one attached hydrogen (secondary N) is 2. The molecule has 0 saturated carbocycles. The van der Waals surface area contributed by atoms with E-state index in [1.54, 1.807) is 6.07 Å². The van der Waals surface area contributed by atoms with E-state index in [2.05, 4.69) is 20.6 Å². The molecule has 2 N–H and O–H groups in total. The first-order valence-electron chi connectivity index (χ1n) is 14.0. The second-order valence-corrected chi connectivity index (χ2v) is 11.6. The van der Waals surface area contributed by atoms with Gasteiger partial charge in [0.05, 0.1) is 12.2 Å². The molecular weight excluding hydrogens is 558 g/mol. The fourth-order valence-corrected chi connectivity index (χ4v) is 6.51. The van der Waals surface area contributed by atoms with E-state index in [1.165, 1.54) is 4.90 Å². The lowest BCUT2D eigenvalue weighted by molar-refractivity contribution is -0.136. The van der Waals surface area contributed by atoms with Crippen LogP contribution in [0.25, 0.3) is 22.2 Å². The van der Waals surface area contributed by atoms with Crippen LogP contribution < -0.4 is 5.32 Å². The van der Waals surface area contributed by atoms with Gasteiger partial charge in [-0.1, -0.05) is 28.9 Å². The molecule has 2 fully saturated rings. The molecule has 4 aromatic rings. The number of likely N-dealkylation sites (tertiary alicyclic amines) is 1. The molecule has 0 aliphatic carbocycles. The third-order valence-electron chi connectivity index (χ3n) is 8.69. The topological polar surface area (TPSA) is 133 Å². The van der Waals surface area contributed by atoms with Gasteiger partial charge in [-0.3, -0.25) is 24.5 Å². The number of carbonyl (C=O) groups is 4. The van der Waals surface area contributed by atoms with Crippen LogP contribution in [0.2, 0.25) is 5.02 Å². The Morgan fingerprint density at radius 3 is 2.64 bits per heavy atom. The van der Waals surface area contributed by atoms with Gasteiger partial charge < -0.3 is 14.8 Å². The minimum atomic E-state index is -0.650. The summed E-state index contributed by atoms with van der Waals surface area (Å²) in [5.41, 5.74) is 5.27. The van der Waals surface area contributed by atoms with E-state index in [4.69, 9.17) is 11.6 Å². The Bertz CT molecular complexity index is 1790. The summed E-state index contributed by atoms with van der Waals surface area (Å²) in [6.45, 7) is 3.46. The number of carbonyl (C=O) groups excluding carboxylic acids is 4. The van der Waals surface area contributed by atoms with Crippen LogP contribution in [0.1, 0.15) is 63.7 Å². The van der Waals surface area contributed by atoms with Gasteiger partial charge in [-0.05, 0) is 61.6 Å². The molecule has 2 saturated heterocycles.